The van der Waals surface area contributed by atoms with Gasteiger partial charge >= 0.3 is 17.9 Å². The van der Waals surface area contributed by atoms with Crippen molar-refractivity contribution in [3.63, 3.8) is 0 Å². The minimum Gasteiger partial charge on any atom is -0.481 e. The van der Waals surface area contributed by atoms with Crippen molar-refractivity contribution in [1.29, 1.82) is 0 Å². The number of hydrogen-bond donors (Lipinski definition) is 2. The molecule has 0 fully saturated rings. The Morgan fingerprint density at radius 1 is 1.00 bits per heavy atom. The molecule has 0 aliphatic heterocycles. The summed E-state index contributed by atoms with van der Waals surface area (Å²) in [7, 11) is 0. The average molecular weight is 248 g/mol. The lowest BCUT2D eigenvalue weighted by Gasteiger charge is -2.01. The van der Waals surface area contributed by atoms with E-state index in [4.69, 9.17) is 10.2 Å². The van der Waals surface area contributed by atoms with Crippen LogP contribution in [0.4, 0.5) is 0 Å². The molecule has 0 aliphatic rings. The van der Waals surface area contributed by atoms with Crippen LogP contribution < -0.4 is 0 Å². The third kappa shape index (κ3) is 25.1. The van der Waals surface area contributed by atoms with Gasteiger partial charge in [0.2, 0.25) is 0 Å². The normalized spacial score (nSPS) is 9.18. The van der Waals surface area contributed by atoms with Crippen LogP contribution in [0, 0.1) is 0 Å². The maximum absolute atomic E-state index is 10.0. The van der Waals surface area contributed by atoms with Crippen LogP contribution in [0.1, 0.15) is 46.5 Å². The first-order chi connectivity index (χ1) is 7.75. The van der Waals surface area contributed by atoms with E-state index in [1.54, 1.807) is 0 Å². The number of esters is 1. The summed E-state index contributed by atoms with van der Waals surface area (Å²) in [6.07, 6.45) is 1.04. The highest BCUT2D eigenvalue weighted by Gasteiger charge is 1.99. The lowest BCUT2D eigenvalue weighted by atomic mass is 10.2. The maximum atomic E-state index is 10.0. The molecule has 0 aromatic carbocycles. The summed E-state index contributed by atoms with van der Waals surface area (Å²) < 4.78 is 4.61. The Labute approximate surface area is 101 Å². The summed E-state index contributed by atoms with van der Waals surface area (Å²) in [5.41, 5.74) is 0. The largest absolute Gasteiger partial charge is 0.481 e. The van der Waals surface area contributed by atoms with Gasteiger partial charge < -0.3 is 14.9 Å². The fourth-order valence-corrected chi connectivity index (χ4v) is 0.884. The van der Waals surface area contributed by atoms with E-state index < -0.39 is 11.9 Å². The molecule has 0 radical (unpaired) electrons. The van der Waals surface area contributed by atoms with Gasteiger partial charge in [-0.15, -0.1) is 0 Å². The summed E-state index contributed by atoms with van der Waals surface area (Å²) in [6.45, 7) is 5.04. The van der Waals surface area contributed by atoms with Crippen LogP contribution in [-0.2, 0) is 19.1 Å². The van der Waals surface area contributed by atoms with Crippen LogP contribution in [0.25, 0.3) is 0 Å². The Kier molecular flexibility index (Phi) is 11.4. The van der Waals surface area contributed by atoms with E-state index in [0.29, 0.717) is 12.8 Å². The van der Waals surface area contributed by atoms with Crippen LogP contribution in [0.5, 0.6) is 0 Å². The number of hydrogen-bond acceptors (Lipinski definition) is 4. The molecule has 100 valence electrons. The van der Waals surface area contributed by atoms with Crippen molar-refractivity contribution in [2.75, 3.05) is 0 Å². The summed E-state index contributed by atoms with van der Waals surface area (Å²) in [5.74, 6) is -1.95. The first-order valence-electron chi connectivity index (χ1n) is 5.36. The van der Waals surface area contributed by atoms with Gasteiger partial charge in [0.15, 0.2) is 0 Å². The average Bonchev–Trinajstić information content (AvgIpc) is 2.10. The van der Waals surface area contributed by atoms with E-state index >= 15 is 0 Å². The van der Waals surface area contributed by atoms with Gasteiger partial charge in [-0.25, -0.2) is 0 Å². The molecule has 17 heavy (non-hydrogen) atoms. The maximum Gasteiger partial charge on any atom is 0.303 e. The number of rotatable bonds is 6. The number of carbonyl (C=O) groups excluding carboxylic acids is 1. The van der Waals surface area contributed by atoms with Gasteiger partial charge in [0.1, 0.15) is 0 Å². The van der Waals surface area contributed by atoms with E-state index in [0.717, 1.165) is 0 Å². The molecule has 0 saturated carbocycles. The summed E-state index contributed by atoms with van der Waals surface area (Å²) in [4.78, 5) is 29.8. The van der Waals surface area contributed by atoms with Gasteiger partial charge in [-0.05, 0) is 26.7 Å². The predicted molar refractivity (Wildman–Crippen MR) is 60.6 cm³/mol. The molecule has 6 heteroatoms. The van der Waals surface area contributed by atoms with E-state index in [9.17, 15) is 14.4 Å². The molecule has 0 aromatic rings. The smallest absolute Gasteiger partial charge is 0.303 e. The molecule has 0 heterocycles. The number of carbonyl (C=O) groups is 3. The standard InChI is InChI=1S/C6H10O4.C5H10O2/c7-5(8)3-1-2-4-6(9)10;1-4(2)7-5(3)6/h1-4H2,(H,7,8)(H,9,10);4H,1-3H3. The number of ether oxygens (including phenoxy) is 1. The molecular formula is C11H20O6. The van der Waals surface area contributed by atoms with Crippen LogP contribution in [0.2, 0.25) is 0 Å². The molecule has 0 atom stereocenters. The number of carboxylic acid groups (broad SMARTS) is 2. The molecule has 0 saturated heterocycles. The topological polar surface area (TPSA) is 101 Å². The molecule has 0 amide bonds. The Balaban J connectivity index is 0. The number of unbranched alkanes of at least 4 members (excludes halogenated alkanes) is 1. The highest BCUT2D eigenvalue weighted by atomic mass is 16.5. The van der Waals surface area contributed by atoms with Gasteiger partial charge in [0.05, 0.1) is 6.10 Å². The second kappa shape index (κ2) is 10.9. The lowest BCUT2D eigenvalue weighted by Crippen LogP contribution is -2.06. The van der Waals surface area contributed by atoms with Crippen LogP contribution in [-0.4, -0.2) is 34.2 Å². The molecule has 0 aromatic heterocycles. The molecule has 6 nitrogen and oxygen atoms in total. The van der Waals surface area contributed by atoms with E-state index in [1.807, 2.05) is 13.8 Å². The minimum absolute atomic E-state index is 0.0255. The van der Waals surface area contributed by atoms with Crippen LogP contribution >= 0.6 is 0 Å². The first kappa shape index (κ1) is 17.8. The lowest BCUT2D eigenvalue weighted by molar-refractivity contribution is -0.144. The molecule has 2 N–H and O–H groups in total. The Hall–Kier alpha value is -1.59. The highest BCUT2D eigenvalue weighted by Crippen LogP contribution is 1.98. The summed E-state index contributed by atoms with van der Waals surface area (Å²) in [5, 5.41) is 16.3. The molecule has 0 unspecified atom stereocenters. The molecule has 0 spiro atoms. The van der Waals surface area contributed by atoms with Crippen LogP contribution in [0.3, 0.4) is 0 Å². The Morgan fingerprint density at radius 2 is 1.35 bits per heavy atom. The van der Waals surface area contributed by atoms with Crippen LogP contribution in [0.15, 0.2) is 0 Å². The van der Waals surface area contributed by atoms with E-state index in [2.05, 4.69) is 4.74 Å². The zero-order chi connectivity index (χ0) is 13.8. The van der Waals surface area contributed by atoms with Crippen molar-refractivity contribution in [3.05, 3.63) is 0 Å². The highest BCUT2D eigenvalue weighted by molar-refractivity contribution is 5.68. The van der Waals surface area contributed by atoms with Gasteiger partial charge in [0.25, 0.3) is 0 Å². The second-order valence-electron chi connectivity index (χ2n) is 3.65. The second-order valence-corrected chi connectivity index (χ2v) is 3.65. The van der Waals surface area contributed by atoms with Crippen molar-refractivity contribution in [2.45, 2.75) is 52.6 Å². The number of aliphatic carboxylic acids is 2. The Morgan fingerprint density at radius 3 is 1.47 bits per heavy atom. The Bertz CT molecular complexity index is 230. The third-order valence-corrected chi connectivity index (χ3v) is 1.43. The molecule has 0 aliphatic carbocycles. The fourth-order valence-electron chi connectivity index (χ4n) is 0.884. The van der Waals surface area contributed by atoms with Gasteiger partial charge in [-0.2, -0.15) is 0 Å². The zero-order valence-corrected chi connectivity index (χ0v) is 10.4. The molecule has 0 rings (SSSR count). The van der Waals surface area contributed by atoms with Crippen molar-refractivity contribution >= 4 is 17.9 Å². The van der Waals surface area contributed by atoms with Gasteiger partial charge in [0, 0.05) is 19.8 Å². The first-order valence-corrected chi connectivity index (χ1v) is 5.36. The van der Waals surface area contributed by atoms with Gasteiger partial charge in [-0.3, -0.25) is 14.4 Å². The van der Waals surface area contributed by atoms with E-state index in [1.165, 1.54) is 6.92 Å². The van der Waals surface area contributed by atoms with E-state index in [-0.39, 0.29) is 24.9 Å². The van der Waals surface area contributed by atoms with Gasteiger partial charge in [-0.1, -0.05) is 0 Å². The monoisotopic (exact) mass is 248 g/mol. The molecular weight excluding hydrogens is 228 g/mol. The summed E-state index contributed by atoms with van der Waals surface area (Å²) >= 11 is 0. The quantitative estimate of drug-likeness (QED) is 0.547. The predicted octanol–water partition coefficient (Wildman–Crippen LogP) is 1.67. The van der Waals surface area contributed by atoms with Crippen molar-refractivity contribution in [1.82, 2.24) is 0 Å². The SMILES string of the molecule is CC(=O)OC(C)C.O=C(O)CCCCC(=O)O. The summed E-state index contributed by atoms with van der Waals surface area (Å²) in [6, 6.07) is 0. The van der Waals surface area contributed by atoms with Crippen molar-refractivity contribution < 1.29 is 29.3 Å². The van der Waals surface area contributed by atoms with Crippen molar-refractivity contribution in [2.24, 2.45) is 0 Å². The molecule has 0 bridgehead atoms. The number of carboxylic acids is 2. The van der Waals surface area contributed by atoms with Crippen molar-refractivity contribution in [3.8, 4) is 0 Å². The third-order valence-electron chi connectivity index (χ3n) is 1.43. The fraction of sp³-hybridized carbons (Fsp3) is 0.727. The zero-order valence-electron chi connectivity index (χ0n) is 10.4. The minimum atomic E-state index is -0.870.